The topological polar surface area (TPSA) is 0 Å². The van der Waals surface area contributed by atoms with E-state index in [9.17, 15) is 4.39 Å². The molecule has 0 radical (unpaired) electrons. The first-order chi connectivity index (χ1) is 7.06. The highest BCUT2D eigenvalue weighted by molar-refractivity contribution is 6.31. The molecular weight excluding hydrogens is 234 g/mol. The summed E-state index contributed by atoms with van der Waals surface area (Å²) in [7, 11) is 0. The van der Waals surface area contributed by atoms with Gasteiger partial charge in [-0.1, -0.05) is 37.6 Å². The lowest BCUT2D eigenvalue weighted by Gasteiger charge is -2.17. The Hall–Kier alpha value is -0.270. The van der Waals surface area contributed by atoms with Gasteiger partial charge in [0.05, 0.1) is 5.02 Å². The molecule has 0 fully saturated rings. The van der Waals surface area contributed by atoms with Crippen molar-refractivity contribution in [1.29, 1.82) is 0 Å². The van der Waals surface area contributed by atoms with Gasteiger partial charge in [-0.3, -0.25) is 0 Å². The molecule has 0 saturated heterocycles. The van der Waals surface area contributed by atoms with E-state index < -0.39 is 0 Å². The summed E-state index contributed by atoms with van der Waals surface area (Å²) in [5.74, 6) is -0.0556. The first-order valence-corrected chi connectivity index (χ1v) is 5.94. The summed E-state index contributed by atoms with van der Waals surface area (Å²) in [6.07, 6.45) is 1.63. The summed E-state index contributed by atoms with van der Waals surface area (Å²) >= 11 is 12.0. The van der Waals surface area contributed by atoms with Crippen molar-refractivity contribution in [3.05, 3.63) is 34.6 Å². The zero-order chi connectivity index (χ0) is 11.4. The molecule has 1 aromatic carbocycles. The molecule has 1 rings (SSSR count). The summed E-state index contributed by atoms with van der Waals surface area (Å²) in [6.45, 7) is 4.10. The fourth-order valence-corrected chi connectivity index (χ4v) is 1.88. The van der Waals surface area contributed by atoms with Crippen LogP contribution in [0.4, 0.5) is 4.39 Å². The molecule has 2 unspecified atom stereocenters. The van der Waals surface area contributed by atoms with Crippen LogP contribution in [-0.4, -0.2) is 5.38 Å². The molecule has 0 amide bonds. The fraction of sp³-hybridized carbons (Fsp3) is 0.500. The van der Waals surface area contributed by atoms with E-state index in [-0.39, 0.29) is 16.2 Å². The van der Waals surface area contributed by atoms with Crippen LogP contribution in [0, 0.1) is 11.7 Å². The monoisotopic (exact) mass is 248 g/mol. The molecule has 0 bridgehead atoms. The summed E-state index contributed by atoms with van der Waals surface area (Å²) < 4.78 is 13.1. The van der Waals surface area contributed by atoms with Crippen molar-refractivity contribution in [3.63, 3.8) is 0 Å². The fourth-order valence-electron chi connectivity index (χ4n) is 1.58. The molecule has 0 aromatic heterocycles. The largest absolute Gasteiger partial charge is 0.205 e. The van der Waals surface area contributed by atoms with Gasteiger partial charge in [-0.25, -0.2) is 4.39 Å². The third kappa shape index (κ3) is 3.35. The number of hydrogen-bond acceptors (Lipinski definition) is 0. The Kier molecular flexibility index (Phi) is 4.88. The third-order valence-corrected chi connectivity index (χ3v) is 3.74. The van der Waals surface area contributed by atoms with Gasteiger partial charge in [-0.2, -0.15) is 0 Å². The highest BCUT2D eigenvalue weighted by atomic mass is 35.5. The van der Waals surface area contributed by atoms with Crippen molar-refractivity contribution in [2.24, 2.45) is 5.92 Å². The minimum absolute atomic E-state index is 0.115. The average Bonchev–Trinajstić information content (AvgIpc) is 2.23. The Balaban J connectivity index is 2.76. The standard InChI is InChI=1S/C12H15Cl2F/c1-3-10(13)8(2)7-9-5-4-6-11(15)12(9)14/h4-6,8,10H,3,7H2,1-2H3. The van der Waals surface area contributed by atoms with Crippen LogP contribution in [0.15, 0.2) is 18.2 Å². The van der Waals surface area contributed by atoms with Crippen molar-refractivity contribution in [1.82, 2.24) is 0 Å². The molecule has 0 spiro atoms. The maximum atomic E-state index is 13.1. The minimum atomic E-state index is -0.357. The quantitative estimate of drug-likeness (QED) is 0.680. The molecule has 2 atom stereocenters. The number of rotatable bonds is 4. The lowest BCUT2D eigenvalue weighted by Crippen LogP contribution is -2.13. The molecule has 0 saturated carbocycles. The van der Waals surface area contributed by atoms with Gasteiger partial charge in [0.25, 0.3) is 0 Å². The van der Waals surface area contributed by atoms with Gasteiger partial charge in [0.1, 0.15) is 5.82 Å². The lowest BCUT2D eigenvalue weighted by atomic mass is 9.96. The second-order valence-electron chi connectivity index (χ2n) is 3.82. The van der Waals surface area contributed by atoms with Gasteiger partial charge in [0.15, 0.2) is 0 Å². The van der Waals surface area contributed by atoms with Gasteiger partial charge in [0.2, 0.25) is 0 Å². The van der Waals surface area contributed by atoms with Gasteiger partial charge in [-0.15, -0.1) is 11.6 Å². The second-order valence-corrected chi connectivity index (χ2v) is 4.76. The molecule has 0 N–H and O–H groups in total. The molecular formula is C12H15Cl2F. The van der Waals surface area contributed by atoms with Crippen LogP contribution in [0.5, 0.6) is 0 Å². The first kappa shape index (κ1) is 12.8. The van der Waals surface area contributed by atoms with Crippen LogP contribution in [0.1, 0.15) is 25.8 Å². The van der Waals surface area contributed by atoms with Crippen LogP contribution < -0.4 is 0 Å². The molecule has 1 aromatic rings. The van der Waals surface area contributed by atoms with Crippen molar-refractivity contribution in [2.75, 3.05) is 0 Å². The molecule has 15 heavy (non-hydrogen) atoms. The summed E-state index contributed by atoms with van der Waals surface area (Å²) in [5, 5.41) is 0.341. The molecule has 0 aliphatic heterocycles. The second kappa shape index (κ2) is 5.72. The zero-order valence-electron chi connectivity index (χ0n) is 8.93. The Morgan fingerprint density at radius 3 is 2.67 bits per heavy atom. The highest BCUT2D eigenvalue weighted by Crippen LogP contribution is 2.25. The average molecular weight is 249 g/mol. The lowest BCUT2D eigenvalue weighted by molar-refractivity contribution is 0.528. The number of hydrogen-bond donors (Lipinski definition) is 0. The maximum Gasteiger partial charge on any atom is 0.142 e. The molecule has 3 heteroatoms. The summed E-state index contributed by atoms with van der Waals surface area (Å²) in [6, 6.07) is 4.90. The van der Waals surface area contributed by atoms with Gasteiger partial charge in [-0.05, 0) is 30.4 Å². The predicted octanol–water partition coefficient (Wildman–Crippen LogP) is 4.68. The number of benzene rings is 1. The Bertz CT molecular complexity index is 325. The van der Waals surface area contributed by atoms with Crippen LogP contribution in [0.2, 0.25) is 5.02 Å². The van der Waals surface area contributed by atoms with Gasteiger partial charge >= 0.3 is 0 Å². The van der Waals surface area contributed by atoms with Crippen LogP contribution >= 0.6 is 23.2 Å². The molecule has 84 valence electrons. The smallest absolute Gasteiger partial charge is 0.142 e. The molecule has 0 aliphatic carbocycles. The van der Waals surface area contributed by atoms with Crippen molar-refractivity contribution in [2.45, 2.75) is 32.1 Å². The Morgan fingerprint density at radius 2 is 2.07 bits per heavy atom. The SMILES string of the molecule is CCC(Cl)C(C)Cc1cccc(F)c1Cl. The van der Waals surface area contributed by atoms with Gasteiger partial charge < -0.3 is 0 Å². The third-order valence-electron chi connectivity index (χ3n) is 2.58. The van der Waals surface area contributed by atoms with E-state index in [4.69, 9.17) is 23.2 Å². The highest BCUT2D eigenvalue weighted by Gasteiger charge is 2.15. The van der Waals surface area contributed by atoms with E-state index >= 15 is 0 Å². The van der Waals surface area contributed by atoms with Crippen molar-refractivity contribution >= 4 is 23.2 Å². The van der Waals surface area contributed by atoms with Crippen LogP contribution in [0.25, 0.3) is 0 Å². The molecule has 0 nitrogen and oxygen atoms in total. The van der Waals surface area contributed by atoms with Crippen LogP contribution in [-0.2, 0) is 6.42 Å². The van der Waals surface area contributed by atoms with Gasteiger partial charge in [0, 0.05) is 5.38 Å². The Labute approximate surface area is 100 Å². The Morgan fingerprint density at radius 1 is 1.40 bits per heavy atom. The molecule has 0 aliphatic rings. The van der Waals surface area contributed by atoms with E-state index in [0.717, 1.165) is 18.4 Å². The van der Waals surface area contributed by atoms with E-state index in [1.54, 1.807) is 6.07 Å². The summed E-state index contributed by atoms with van der Waals surface area (Å²) in [4.78, 5) is 0. The van der Waals surface area contributed by atoms with E-state index in [2.05, 4.69) is 6.92 Å². The first-order valence-electron chi connectivity index (χ1n) is 5.13. The number of halogens is 3. The number of alkyl halides is 1. The van der Waals surface area contributed by atoms with Crippen molar-refractivity contribution < 1.29 is 4.39 Å². The molecule has 0 heterocycles. The van der Waals surface area contributed by atoms with E-state index in [0.29, 0.717) is 5.92 Å². The van der Waals surface area contributed by atoms with Crippen LogP contribution in [0.3, 0.4) is 0 Å². The summed E-state index contributed by atoms with van der Waals surface area (Å²) in [5.41, 5.74) is 0.836. The zero-order valence-corrected chi connectivity index (χ0v) is 10.4. The maximum absolute atomic E-state index is 13.1. The van der Waals surface area contributed by atoms with Crippen molar-refractivity contribution in [3.8, 4) is 0 Å². The minimum Gasteiger partial charge on any atom is -0.205 e. The van der Waals surface area contributed by atoms with E-state index in [1.165, 1.54) is 6.07 Å². The predicted molar refractivity (Wildman–Crippen MR) is 64.2 cm³/mol. The normalized spacial score (nSPS) is 15.0. The van der Waals surface area contributed by atoms with E-state index in [1.807, 2.05) is 13.0 Å².